The molecule has 0 unspecified atom stereocenters. The lowest BCUT2D eigenvalue weighted by molar-refractivity contribution is -0.145. The van der Waals surface area contributed by atoms with Crippen LogP contribution in [0.2, 0.25) is 5.02 Å². The first-order chi connectivity index (χ1) is 16.7. The van der Waals surface area contributed by atoms with E-state index in [9.17, 15) is 22.8 Å². The van der Waals surface area contributed by atoms with Crippen LogP contribution in [0.25, 0.3) is 0 Å². The molecule has 1 fully saturated rings. The summed E-state index contributed by atoms with van der Waals surface area (Å²) >= 11 is 6.67. The minimum atomic E-state index is -0.964. The number of rotatable bonds is 8. The molecule has 186 valence electrons. The first-order valence-corrected chi connectivity index (χ1v) is 11.9. The third-order valence-electron chi connectivity index (χ3n) is 5.35. The highest BCUT2D eigenvalue weighted by atomic mass is 35.5. The van der Waals surface area contributed by atoms with E-state index in [1.165, 1.54) is 17.0 Å². The fourth-order valence-corrected chi connectivity index (χ4v) is 4.64. The summed E-state index contributed by atoms with van der Waals surface area (Å²) in [5, 5.41) is 8.63. The van der Waals surface area contributed by atoms with Gasteiger partial charge in [-0.2, -0.15) is 5.26 Å². The Morgan fingerprint density at radius 3 is 2.71 bits per heavy atom. The van der Waals surface area contributed by atoms with Gasteiger partial charge in [0.15, 0.2) is 0 Å². The van der Waals surface area contributed by atoms with Gasteiger partial charge < -0.3 is 20.3 Å². The Bertz CT molecular complexity index is 1150. The summed E-state index contributed by atoms with van der Waals surface area (Å²) in [5.41, 5.74) is 5.94. The number of morpholine rings is 1. The van der Waals surface area contributed by atoms with Crippen LogP contribution in [0.5, 0.6) is 0 Å². The van der Waals surface area contributed by atoms with Crippen molar-refractivity contribution < 1.29 is 27.5 Å². The van der Waals surface area contributed by atoms with Crippen LogP contribution in [0.3, 0.4) is 0 Å². The summed E-state index contributed by atoms with van der Waals surface area (Å²) in [7, 11) is 0. The van der Waals surface area contributed by atoms with Gasteiger partial charge in [-0.25, -0.2) is 13.2 Å². The standard InChI is InChI=1S/C23H22ClF3N4O3S/c24-23-19(27)6-16(25)7-20(23)35-13-22(33)30(10-15-2-1-14(8-28)5-18(15)26)11-21(32)31-3-4-34-12-17(31)9-29/h1-2,5-7,17H,3-4,9-13,29H2/t17-/m0/s1. The Labute approximate surface area is 209 Å². The molecule has 1 heterocycles. The maximum Gasteiger partial charge on any atom is 0.242 e. The normalized spacial score (nSPS) is 15.5. The fourth-order valence-electron chi connectivity index (χ4n) is 3.48. The highest BCUT2D eigenvalue weighted by Gasteiger charge is 2.29. The van der Waals surface area contributed by atoms with Crippen LogP contribution in [-0.2, 0) is 20.9 Å². The van der Waals surface area contributed by atoms with Crippen LogP contribution >= 0.6 is 23.4 Å². The second-order valence-corrected chi connectivity index (χ2v) is 9.10. The second-order valence-electron chi connectivity index (χ2n) is 7.71. The Kier molecular flexibility index (Phi) is 9.40. The van der Waals surface area contributed by atoms with E-state index in [0.717, 1.165) is 28.8 Å². The molecule has 2 aromatic carbocycles. The first-order valence-electron chi connectivity index (χ1n) is 10.5. The van der Waals surface area contributed by atoms with E-state index in [1.807, 2.05) is 6.07 Å². The summed E-state index contributed by atoms with van der Waals surface area (Å²) in [6, 6.07) is 6.90. The molecule has 2 amide bonds. The van der Waals surface area contributed by atoms with Gasteiger partial charge in [-0.1, -0.05) is 17.7 Å². The van der Waals surface area contributed by atoms with Gasteiger partial charge in [-0.05, 0) is 18.2 Å². The van der Waals surface area contributed by atoms with Gasteiger partial charge in [0.05, 0.1) is 41.7 Å². The zero-order valence-corrected chi connectivity index (χ0v) is 20.1. The zero-order chi connectivity index (χ0) is 25.5. The number of halogens is 4. The molecule has 0 aromatic heterocycles. The summed E-state index contributed by atoms with van der Waals surface area (Å²) in [6.07, 6.45) is 0. The fraction of sp³-hybridized carbons (Fsp3) is 0.348. The predicted octanol–water partition coefficient (Wildman–Crippen LogP) is 2.94. The Hall–Kier alpha value is -2.78. The molecule has 0 spiro atoms. The number of hydrogen-bond donors (Lipinski definition) is 1. The Morgan fingerprint density at radius 2 is 2.03 bits per heavy atom. The number of nitriles is 1. The highest BCUT2D eigenvalue weighted by molar-refractivity contribution is 8.00. The van der Waals surface area contributed by atoms with Crippen molar-refractivity contribution in [3.05, 3.63) is 63.9 Å². The molecule has 1 atom stereocenters. The largest absolute Gasteiger partial charge is 0.377 e. The SMILES string of the molecule is N#Cc1ccc(CN(CC(=O)N2CCOC[C@@H]2CN)C(=O)CSc2cc(F)cc(F)c2Cl)c(F)c1. The Balaban J connectivity index is 1.80. The quantitative estimate of drug-likeness (QED) is 0.419. The average molecular weight is 527 g/mol. The van der Waals surface area contributed by atoms with Crippen molar-refractivity contribution in [2.24, 2.45) is 5.73 Å². The van der Waals surface area contributed by atoms with Crippen molar-refractivity contribution in [2.45, 2.75) is 17.5 Å². The number of amides is 2. The van der Waals surface area contributed by atoms with E-state index in [2.05, 4.69) is 0 Å². The molecule has 1 aliphatic heterocycles. The zero-order valence-electron chi connectivity index (χ0n) is 18.5. The van der Waals surface area contributed by atoms with E-state index in [1.54, 1.807) is 0 Å². The van der Waals surface area contributed by atoms with Crippen molar-refractivity contribution in [3.63, 3.8) is 0 Å². The molecule has 0 radical (unpaired) electrons. The van der Waals surface area contributed by atoms with Crippen molar-refractivity contribution in [1.82, 2.24) is 9.80 Å². The van der Waals surface area contributed by atoms with Crippen LogP contribution in [0, 0.1) is 28.8 Å². The lowest BCUT2D eigenvalue weighted by Crippen LogP contribution is -2.55. The molecule has 2 aromatic rings. The van der Waals surface area contributed by atoms with E-state index in [0.29, 0.717) is 19.2 Å². The number of benzene rings is 2. The molecular formula is C23H22ClF3N4O3S. The topological polar surface area (TPSA) is 99.7 Å². The minimum Gasteiger partial charge on any atom is -0.377 e. The third kappa shape index (κ3) is 6.89. The molecule has 35 heavy (non-hydrogen) atoms. The van der Waals surface area contributed by atoms with Gasteiger partial charge in [0, 0.05) is 36.2 Å². The van der Waals surface area contributed by atoms with Crippen molar-refractivity contribution >= 4 is 35.2 Å². The minimum absolute atomic E-state index is 0.0183. The molecule has 3 rings (SSSR count). The number of nitrogens with two attached hydrogens (primary N) is 1. The molecule has 7 nitrogen and oxygen atoms in total. The molecule has 0 bridgehead atoms. The predicted molar refractivity (Wildman–Crippen MR) is 124 cm³/mol. The number of hydrogen-bond acceptors (Lipinski definition) is 6. The number of carbonyl (C=O) groups is 2. The number of ether oxygens (including phenoxy) is 1. The van der Waals surface area contributed by atoms with Crippen LogP contribution in [-0.4, -0.2) is 66.3 Å². The van der Waals surface area contributed by atoms with Crippen molar-refractivity contribution in [2.75, 3.05) is 38.6 Å². The summed E-state index contributed by atoms with van der Waals surface area (Å²) in [5.74, 6) is -3.81. The van der Waals surface area contributed by atoms with Crippen molar-refractivity contribution in [1.29, 1.82) is 5.26 Å². The van der Waals surface area contributed by atoms with Crippen LogP contribution < -0.4 is 5.73 Å². The molecular weight excluding hydrogens is 505 g/mol. The molecule has 2 N–H and O–H groups in total. The molecule has 0 aliphatic carbocycles. The maximum absolute atomic E-state index is 14.5. The van der Waals surface area contributed by atoms with Gasteiger partial charge in [0.1, 0.15) is 24.0 Å². The molecule has 12 heteroatoms. The smallest absolute Gasteiger partial charge is 0.242 e. The first kappa shape index (κ1) is 26.8. The van der Waals surface area contributed by atoms with Crippen molar-refractivity contribution in [3.8, 4) is 6.07 Å². The molecule has 0 saturated carbocycles. The second kappa shape index (κ2) is 12.3. The van der Waals surface area contributed by atoms with E-state index in [-0.39, 0.29) is 59.1 Å². The molecule has 1 saturated heterocycles. The third-order valence-corrected chi connectivity index (χ3v) is 6.87. The van der Waals surface area contributed by atoms with Gasteiger partial charge in [0.25, 0.3) is 0 Å². The van der Waals surface area contributed by atoms with Gasteiger partial charge in [0.2, 0.25) is 11.8 Å². The number of thioether (sulfide) groups is 1. The number of nitrogens with zero attached hydrogens (tertiary/aromatic N) is 3. The Morgan fingerprint density at radius 1 is 1.26 bits per heavy atom. The lowest BCUT2D eigenvalue weighted by atomic mass is 10.1. The summed E-state index contributed by atoms with van der Waals surface area (Å²) in [4.78, 5) is 28.8. The molecule has 1 aliphatic rings. The van der Waals surface area contributed by atoms with Gasteiger partial charge in [-0.15, -0.1) is 11.8 Å². The number of carbonyl (C=O) groups excluding carboxylic acids is 2. The van der Waals surface area contributed by atoms with Crippen LogP contribution in [0.15, 0.2) is 35.2 Å². The van der Waals surface area contributed by atoms with Gasteiger partial charge in [-0.3, -0.25) is 9.59 Å². The van der Waals surface area contributed by atoms with E-state index >= 15 is 0 Å². The highest BCUT2D eigenvalue weighted by Crippen LogP contribution is 2.30. The monoisotopic (exact) mass is 526 g/mol. The maximum atomic E-state index is 14.5. The van der Waals surface area contributed by atoms with Crippen LogP contribution in [0.1, 0.15) is 11.1 Å². The summed E-state index contributed by atoms with van der Waals surface area (Å²) in [6.45, 7) is 0.413. The lowest BCUT2D eigenvalue weighted by Gasteiger charge is -2.36. The summed E-state index contributed by atoms with van der Waals surface area (Å²) < 4.78 is 47.2. The van der Waals surface area contributed by atoms with E-state index in [4.69, 9.17) is 27.3 Å². The van der Waals surface area contributed by atoms with Crippen LogP contribution in [0.4, 0.5) is 13.2 Å². The average Bonchev–Trinajstić information content (AvgIpc) is 2.85. The van der Waals surface area contributed by atoms with E-state index < -0.39 is 29.3 Å². The van der Waals surface area contributed by atoms with Gasteiger partial charge >= 0.3 is 0 Å².